The number of carbonyl (C=O) groups is 1. The maximum Gasteiger partial charge on any atom is 0.260 e. The minimum Gasteiger partial charge on any atom is -0.352 e. The zero-order chi connectivity index (χ0) is 17.0. The molecule has 0 aliphatic heterocycles. The fourth-order valence-corrected chi connectivity index (χ4v) is 2.34. The molecule has 0 aliphatic carbocycles. The number of nitrogens with one attached hydrogen (secondary N) is 2. The third-order valence-corrected chi connectivity index (χ3v) is 3.82. The summed E-state index contributed by atoms with van der Waals surface area (Å²) >= 11 is 0. The predicted molar refractivity (Wildman–Crippen MR) is 93.0 cm³/mol. The summed E-state index contributed by atoms with van der Waals surface area (Å²) in [5.74, 6) is -0.336. The van der Waals surface area contributed by atoms with Crippen LogP contribution < -0.4 is 10.9 Å². The zero-order valence-corrected chi connectivity index (χ0v) is 14.2. The van der Waals surface area contributed by atoms with Crippen LogP contribution in [0.15, 0.2) is 41.2 Å². The molecule has 2 N–H and O–H groups in total. The van der Waals surface area contributed by atoms with Crippen LogP contribution in [0.25, 0.3) is 0 Å². The van der Waals surface area contributed by atoms with Crippen LogP contribution >= 0.6 is 0 Å². The van der Waals surface area contributed by atoms with Gasteiger partial charge in [-0.3, -0.25) is 9.59 Å². The van der Waals surface area contributed by atoms with Gasteiger partial charge < -0.3 is 10.3 Å². The highest BCUT2D eigenvalue weighted by molar-refractivity contribution is 5.93. The SMILES string of the molecule is Cc1ccc(C(=O)NCCc2ccc(C(C)(C)C)cc2)c(=O)[nH]1. The summed E-state index contributed by atoms with van der Waals surface area (Å²) < 4.78 is 0. The molecule has 0 aliphatic rings. The molecule has 0 fully saturated rings. The number of carbonyl (C=O) groups excluding carboxylic acids is 1. The lowest BCUT2D eigenvalue weighted by Gasteiger charge is -2.19. The summed E-state index contributed by atoms with van der Waals surface area (Å²) in [5, 5.41) is 2.79. The maximum atomic E-state index is 12.0. The molecule has 2 rings (SSSR count). The van der Waals surface area contributed by atoms with E-state index in [0.717, 1.165) is 17.7 Å². The minimum absolute atomic E-state index is 0.138. The lowest BCUT2D eigenvalue weighted by atomic mass is 9.86. The molecular formula is C19H24N2O2. The third kappa shape index (κ3) is 4.55. The first-order chi connectivity index (χ1) is 10.8. The number of aryl methyl sites for hydroxylation is 1. The van der Waals surface area contributed by atoms with Crippen molar-refractivity contribution in [3.05, 3.63) is 69.1 Å². The Morgan fingerprint density at radius 3 is 2.30 bits per heavy atom. The van der Waals surface area contributed by atoms with Gasteiger partial charge in [-0.2, -0.15) is 0 Å². The Morgan fingerprint density at radius 2 is 1.74 bits per heavy atom. The fourth-order valence-electron chi connectivity index (χ4n) is 2.34. The number of hydrogen-bond acceptors (Lipinski definition) is 2. The van der Waals surface area contributed by atoms with E-state index in [2.05, 4.69) is 55.3 Å². The van der Waals surface area contributed by atoms with Crippen molar-refractivity contribution in [2.75, 3.05) is 6.54 Å². The van der Waals surface area contributed by atoms with Gasteiger partial charge in [0.2, 0.25) is 0 Å². The number of amides is 1. The molecular weight excluding hydrogens is 288 g/mol. The topological polar surface area (TPSA) is 62.0 Å². The molecule has 122 valence electrons. The minimum atomic E-state index is -0.350. The molecule has 1 aromatic carbocycles. The lowest BCUT2D eigenvalue weighted by Crippen LogP contribution is -2.31. The highest BCUT2D eigenvalue weighted by Gasteiger charge is 2.13. The Kier molecular flexibility index (Phi) is 5.04. The van der Waals surface area contributed by atoms with E-state index < -0.39 is 0 Å². The summed E-state index contributed by atoms with van der Waals surface area (Å²) in [5.41, 5.74) is 3.13. The molecule has 0 spiro atoms. The molecule has 0 saturated heterocycles. The molecule has 1 aromatic heterocycles. The fraction of sp³-hybridized carbons (Fsp3) is 0.368. The van der Waals surface area contributed by atoms with Crippen LogP contribution in [-0.4, -0.2) is 17.4 Å². The van der Waals surface area contributed by atoms with E-state index in [-0.39, 0.29) is 22.4 Å². The van der Waals surface area contributed by atoms with E-state index >= 15 is 0 Å². The van der Waals surface area contributed by atoms with Crippen molar-refractivity contribution in [1.82, 2.24) is 10.3 Å². The number of aromatic amines is 1. The largest absolute Gasteiger partial charge is 0.352 e. The quantitative estimate of drug-likeness (QED) is 0.912. The van der Waals surface area contributed by atoms with E-state index in [9.17, 15) is 9.59 Å². The first kappa shape index (κ1) is 17.0. The van der Waals surface area contributed by atoms with Crippen LogP contribution in [0.3, 0.4) is 0 Å². The first-order valence-corrected chi connectivity index (χ1v) is 7.85. The molecule has 23 heavy (non-hydrogen) atoms. The second-order valence-electron chi connectivity index (χ2n) is 6.84. The Labute approximate surface area is 137 Å². The molecule has 1 amide bonds. The first-order valence-electron chi connectivity index (χ1n) is 7.85. The van der Waals surface area contributed by atoms with E-state index in [4.69, 9.17) is 0 Å². The Bertz CT molecular complexity index is 737. The van der Waals surface area contributed by atoms with Gasteiger partial charge in [-0.1, -0.05) is 45.0 Å². The number of H-pyrrole nitrogens is 1. The zero-order valence-electron chi connectivity index (χ0n) is 14.2. The van der Waals surface area contributed by atoms with E-state index in [0.29, 0.717) is 6.54 Å². The van der Waals surface area contributed by atoms with Gasteiger partial charge in [-0.05, 0) is 42.0 Å². The second-order valence-corrected chi connectivity index (χ2v) is 6.84. The normalized spacial score (nSPS) is 11.3. The molecule has 1 heterocycles. The van der Waals surface area contributed by atoms with E-state index in [1.54, 1.807) is 19.1 Å². The number of benzene rings is 1. The number of pyridine rings is 1. The Balaban J connectivity index is 1.92. The molecule has 2 aromatic rings. The predicted octanol–water partition coefficient (Wildman–Crippen LogP) is 2.95. The second kappa shape index (κ2) is 6.82. The van der Waals surface area contributed by atoms with Gasteiger partial charge in [0, 0.05) is 12.2 Å². The van der Waals surface area contributed by atoms with Crippen LogP contribution in [-0.2, 0) is 11.8 Å². The number of hydrogen-bond donors (Lipinski definition) is 2. The van der Waals surface area contributed by atoms with Crippen molar-refractivity contribution in [3.8, 4) is 0 Å². The Morgan fingerprint density at radius 1 is 1.09 bits per heavy atom. The average molecular weight is 312 g/mol. The summed E-state index contributed by atoms with van der Waals surface area (Å²) in [6.07, 6.45) is 0.736. The van der Waals surface area contributed by atoms with Crippen LogP contribution in [0.2, 0.25) is 0 Å². The Hall–Kier alpha value is -2.36. The summed E-state index contributed by atoms with van der Waals surface area (Å²) in [7, 11) is 0. The van der Waals surface area contributed by atoms with Crippen molar-refractivity contribution in [2.45, 2.75) is 39.5 Å². The monoisotopic (exact) mass is 312 g/mol. The molecule has 0 unspecified atom stereocenters. The maximum absolute atomic E-state index is 12.0. The highest BCUT2D eigenvalue weighted by Crippen LogP contribution is 2.22. The van der Waals surface area contributed by atoms with Gasteiger partial charge in [-0.15, -0.1) is 0 Å². The molecule has 0 atom stereocenters. The van der Waals surface area contributed by atoms with Crippen LogP contribution in [0.1, 0.15) is 48.0 Å². The van der Waals surface area contributed by atoms with E-state index in [1.807, 2.05) is 0 Å². The van der Waals surface area contributed by atoms with Gasteiger partial charge in [-0.25, -0.2) is 0 Å². The van der Waals surface area contributed by atoms with Crippen molar-refractivity contribution in [3.63, 3.8) is 0 Å². The average Bonchev–Trinajstić information content (AvgIpc) is 2.46. The van der Waals surface area contributed by atoms with Crippen molar-refractivity contribution >= 4 is 5.91 Å². The standard InChI is InChI=1S/C19H24N2O2/c1-13-5-10-16(18(23)21-13)17(22)20-12-11-14-6-8-15(9-7-14)19(2,3)4/h5-10H,11-12H2,1-4H3,(H,20,22)(H,21,23). The molecule has 0 bridgehead atoms. The summed E-state index contributed by atoms with van der Waals surface area (Å²) in [6, 6.07) is 11.7. The van der Waals surface area contributed by atoms with Crippen LogP contribution in [0.4, 0.5) is 0 Å². The van der Waals surface area contributed by atoms with Gasteiger partial charge >= 0.3 is 0 Å². The number of rotatable bonds is 4. The van der Waals surface area contributed by atoms with Gasteiger partial charge in [0.05, 0.1) is 0 Å². The third-order valence-electron chi connectivity index (χ3n) is 3.82. The van der Waals surface area contributed by atoms with Gasteiger partial charge in [0.1, 0.15) is 5.56 Å². The highest BCUT2D eigenvalue weighted by atomic mass is 16.2. The van der Waals surface area contributed by atoms with E-state index in [1.165, 1.54) is 5.56 Å². The van der Waals surface area contributed by atoms with Gasteiger partial charge in [0.25, 0.3) is 11.5 Å². The van der Waals surface area contributed by atoms with Crippen molar-refractivity contribution in [2.24, 2.45) is 0 Å². The smallest absolute Gasteiger partial charge is 0.260 e. The van der Waals surface area contributed by atoms with Crippen LogP contribution in [0, 0.1) is 6.92 Å². The molecule has 4 heteroatoms. The lowest BCUT2D eigenvalue weighted by molar-refractivity contribution is 0.0952. The van der Waals surface area contributed by atoms with Gasteiger partial charge in [0.15, 0.2) is 0 Å². The molecule has 0 radical (unpaired) electrons. The summed E-state index contributed by atoms with van der Waals surface area (Å²) in [6.45, 7) is 8.83. The number of aromatic nitrogens is 1. The van der Waals surface area contributed by atoms with Crippen LogP contribution in [0.5, 0.6) is 0 Å². The van der Waals surface area contributed by atoms with Crippen molar-refractivity contribution in [1.29, 1.82) is 0 Å². The molecule has 0 saturated carbocycles. The molecule has 4 nitrogen and oxygen atoms in total. The summed E-state index contributed by atoms with van der Waals surface area (Å²) in [4.78, 5) is 26.4. The van der Waals surface area contributed by atoms with Crippen molar-refractivity contribution < 1.29 is 4.79 Å².